The Morgan fingerprint density at radius 1 is 1.00 bits per heavy atom. The Morgan fingerprint density at radius 3 is 2.53 bits per heavy atom. The van der Waals surface area contributed by atoms with E-state index in [9.17, 15) is 9.59 Å². The maximum Gasteiger partial charge on any atom is 0.317 e. The van der Waals surface area contributed by atoms with Gasteiger partial charge < -0.3 is 24.6 Å². The molecule has 3 aliphatic rings. The Morgan fingerprint density at radius 2 is 1.75 bits per heavy atom. The molecule has 0 saturated carbocycles. The van der Waals surface area contributed by atoms with Crippen molar-refractivity contribution >= 4 is 17.6 Å². The molecule has 0 aromatic heterocycles. The Kier molecular flexibility index (Phi) is 5.88. The van der Waals surface area contributed by atoms with Crippen molar-refractivity contribution in [3.8, 4) is 11.5 Å². The van der Waals surface area contributed by atoms with Gasteiger partial charge in [0.25, 0.3) is 0 Å². The first-order valence-corrected chi connectivity index (χ1v) is 11.4. The van der Waals surface area contributed by atoms with Crippen molar-refractivity contribution in [1.82, 2.24) is 10.2 Å². The number of carbonyl (C=O) groups is 2. The lowest BCUT2D eigenvalue weighted by Crippen LogP contribution is -2.48. The lowest BCUT2D eigenvalue weighted by atomic mass is 9.90. The molecule has 32 heavy (non-hydrogen) atoms. The molecule has 3 aliphatic heterocycles. The molecule has 7 heteroatoms. The van der Waals surface area contributed by atoms with Crippen LogP contribution in [-0.2, 0) is 11.2 Å². The molecule has 2 aromatic carbocycles. The first-order chi connectivity index (χ1) is 15.7. The second-order valence-corrected chi connectivity index (χ2v) is 8.80. The monoisotopic (exact) mass is 435 g/mol. The van der Waals surface area contributed by atoms with Crippen LogP contribution in [0.25, 0.3) is 0 Å². The first kappa shape index (κ1) is 20.7. The zero-order chi connectivity index (χ0) is 21.9. The molecule has 1 unspecified atom stereocenters. The molecule has 3 amide bonds. The van der Waals surface area contributed by atoms with Gasteiger partial charge in [-0.2, -0.15) is 0 Å². The summed E-state index contributed by atoms with van der Waals surface area (Å²) in [6.45, 7) is 3.03. The number of nitrogens with one attached hydrogen (secondary N) is 1. The number of anilines is 1. The quantitative estimate of drug-likeness (QED) is 0.801. The Labute approximate surface area is 188 Å². The summed E-state index contributed by atoms with van der Waals surface area (Å²) in [5, 5.41) is 3.07. The predicted octanol–water partition coefficient (Wildman–Crippen LogP) is 3.23. The summed E-state index contributed by atoms with van der Waals surface area (Å²) >= 11 is 0. The van der Waals surface area contributed by atoms with Gasteiger partial charge in [-0.1, -0.05) is 30.3 Å². The predicted molar refractivity (Wildman–Crippen MR) is 121 cm³/mol. The van der Waals surface area contributed by atoms with Gasteiger partial charge >= 0.3 is 6.03 Å². The van der Waals surface area contributed by atoms with Crippen LogP contribution in [0.5, 0.6) is 11.5 Å². The lowest BCUT2D eigenvalue weighted by Gasteiger charge is -2.33. The molecule has 2 fully saturated rings. The third-order valence-corrected chi connectivity index (χ3v) is 6.56. The molecular formula is C25H29N3O4. The van der Waals surface area contributed by atoms with E-state index in [1.807, 2.05) is 29.2 Å². The van der Waals surface area contributed by atoms with Crippen LogP contribution in [-0.4, -0.2) is 55.7 Å². The van der Waals surface area contributed by atoms with E-state index in [2.05, 4.69) is 29.6 Å². The fraction of sp³-hybridized carbons (Fsp3) is 0.440. The van der Waals surface area contributed by atoms with Gasteiger partial charge in [0.1, 0.15) is 13.2 Å². The number of ether oxygens (including phenoxy) is 2. The molecule has 2 saturated heterocycles. The molecule has 1 N–H and O–H groups in total. The number of fused-ring (bicyclic) bond motifs is 1. The number of hydrogen-bond acceptors (Lipinski definition) is 4. The van der Waals surface area contributed by atoms with E-state index in [0.29, 0.717) is 43.6 Å². The van der Waals surface area contributed by atoms with Crippen molar-refractivity contribution in [2.45, 2.75) is 31.7 Å². The highest BCUT2D eigenvalue weighted by atomic mass is 16.6. The zero-order valence-electron chi connectivity index (χ0n) is 18.2. The lowest BCUT2D eigenvalue weighted by molar-refractivity contribution is -0.117. The molecule has 0 radical (unpaired) electrons. The fourth-order valence-corrected chi connectivity index (χ4v) is 4.81. The molecule has 168 valence electrons. The van der Waals surface area contributed by atoms with Gasteiger partial charge in [-0.25, -0.2) is 4.79 Å². The molecule has 2 aromatic rings. The number of nitrogens with zero attached hydrogens (tertiary/aromatic N) is 2. The molecule has 7 nitrogen and oxygen atoms in total. The summed E-state index contributed by atoms with van der Waals surface area (Å²) in [5.41, 5.74) is 2.14. The van der Waals surface area contributed by atoms with Gasteiger partial charge in [-0.15, -0.1) is 0 Å². The normalized spacial score (nSPS) is 21.0. The van der Waals surface area contributed by atoms with Crippen molar-refractivity contribution in [2.24, 2.45) is 5.92 Å². The van der Waals surface area contributed by atoms with Crippen molar-refractivity contribution in [3.05, 3.63) is 54.1 Å². The zero-order valence-corrected chi connectivity index (χ0v) is 18.2. The summed E-state index contributed by atoms with van der Waals surface area (Å²) in [4.78, 5) is 29.0. The van der Waals surface area contributed by atoms with E-state index >= 15 is 0 Å². The van der Waals surface area contributed by atoms with Gasteiger partial charge in [-0.05, 0) is 42.9 Å². The first-order valence-electron chi connectivity index (χ1n) is 11.4. The average molecular weight is 436 g/mol. The van der Waals surface area contributed by atoms with E-state index in [-0.39, 0.29) is 18.0 Å². The van der Waals surface area contributed by atoms with Crippen molar-refractivity contribution in [1.29, 1.82) is 0 Å². The van der Waals surface area contributed by atoms with Gasteiger partial charge in [0, 0.05) is 37.8 Å². The number of hydrogen-bond donors (Lipinski definition) is 1. The Hall–Kier alpha value is -3.22. The van der Waals surface area contributed by atoms with Crippen LogP contribution >= 0.6 is 0 Å². The van der Waals surface area contributed by atoms with Crippen molar-refractivity contribution in [2.75, 3.05) is 37.7 Å². The summed E-state index contributed by atoms with van der Waals surface area (Å²) in [6.07, 6.45) is 3.40. The Bertz CT molecular complexity index is 972. The van der Waals surface area contributed by atoms with Crippen LogP contribution in [0.1, 0.15) is 24.8 Å². The second-order valence-electron chi connectivity index (χ2n) is 8.80. The smallest absolute Gasteiger partial charge is 0.317 e. The van der Waals surface area contributed by atoms with Crippen LogP contribution in [0, 0.1) is 5.92 Å². The Balaban J connectivity index is 1.13. The van der Waals surface area contributed by atoms with Crippen molar-refractivity contribution < 1.29 is 19.1 Å². The number of piperidine rings is 1. The van der Waals surface area contributed by atoms with E-state index < -0.39 is 0 Å². The molecule has 0 aliphatic carbocycles. The molecule has 5 rings (SSSR count). The molecule has 0 bridgehead atoms. The number of amides is 3. The summed E-state index contributed by atoms with van der Waals surface area (Å²) in [6, 6.07) is 15.8. The minimum atomic E-state index is -0.190. The standard InChI is InChI=1S/C25H29N3O4/c29-24-15-20(17-28(24)21-6-7-22-23(16-21)32-13-12-31-22)26-25(30)27-10-8-19(9-11-27)14-18-4-2-1-3-5-18/h1-7,16,19-20H,8-15,17H2,(H,26,30). The van der Waals surface area contributed by atoms with E-state index in [1.165, 1.54) is 5.56 Å². The SMILES string of the molecule is O=C(NC1CC(=O)N(c2ccc3c(c2)OCCO3)C1)N1CCC(Cc2ccccc2)CC1. The topological polar surface area (TPSA) is 71.1 Å². The van der Waals surface area contributed by atoms with Crippen LogP contribution < -0.4 is 19.7 Å². The third kappa shape index (κ3) is 4.52. The van der Waals surface area contributed by atoms with E-state index in [4.69, 9.17) is 9.47 Å². The van der Waals surface area contributed by atoms with Gasteiger partial charge in [0.15, 0.2) is 11.5 Å². The summed E-state index contributed by atoms with van der Waals surface area (Å²) in [7, 11) is 0. The molecular weight excluding hydrogens is 406 g/mol. The second kappa shape index (κ2) is 9.10. The minimum Gasteiger partial charge on any atom is -0.486 e. The van der Waals surface area contributed by atoms with Crippen LogP contribution in [0.2, 0.25) is 0 Å². The molecule has 3 heterocycles. The number of urea groups is 1. The minimum absolute atomic E-state index is 0.00791. The molecule has 0 spiro atoms. The van der Waals surface area contributed by atoms with Crippen LogP contribution in [0.4, 0.5) is 10.5 Å². The van der Waals surface area contributed by atoms with Gasteiger partial charge in [-0.3, -0.25) is 4.79 Å². The number of likely N-dealkylation sites (tertiary alicyclic amines) is 1. The van der Waals surface area contributed by atoms with Crippen molar-refractivity contribution in [3.63, 3.8) is 0 Å². The number of benzene rings is 2. The summed E-state index contributed by atoms with van der Waals surface area (Å²) < 4.78 is 11.2. The highest BCUT2D eigenvalue weighted by Crippen LogP contribution is 2.35. The maximum atomic E-state index is 12.8. The largest absolute Gasteiger partial charge is 0.486 e. The van der Waals surface area contributed by atoms with Crippen LogP contribution in [0.3, 0.4) is 0 Å². The highest BCUT2D eigenvalue weighted by Gasteiger charge is 2.33. The highest BCUT2D eigenvalue weighted by molar-refractivity contribution is 5.97. The number of carbonyl (C=O) groups excluding carboxylic acids is 2. The van der Waals surface area contributed by atoms with Crippen LogP contribution in [0.15, 0.2) is 48.5 Å². The summed E-state index contributed by atoms with van der Waals surface area (Å²) in [5.74, 6) is 1.98. The fourth-order valence-electron chi connectivity index (χ4n) is 4.81. The molecule has 1 atom stereocenters. The van der Waals surface area contributed by atoms with E-state index in [1.54, 1.807) is 4.90 Å². The maximum absolute atomic E-state index is 12.8. The third-order valence-electron chi connectivity index (χ3n) is 6.56. The van der Waals surface area contributed by atoms with E-state index in [0.717, 1.165) is 38.0 Å². The number of rotatable bonds is 4. The van der Waals surface area contributed by atoms with Gasteiger partial charge in [0.2, 0.25) is 5.91 Å². The average Bonchev–Trinajstić information content (AvgIpc) is 3.19. The van der Waals surface area contributed by atoms with Gasteiger partial charge in [0.05, 0.1) is 6.04 Å².